The molecule has 3 rings (SSSR count). The molecule has 0 saturated heterocycles. The Hall–Kier alpha value is -1.23. The van der Waals surface area contributed by atoms with Crippen LogP contribution in [-0.4, -0.2) is 12.0 Å². The van der Waals surface area contributed by atoms with Gasteiger partial charge in [-0.25, -0.2) is 0 Å². The van der Waals surface area contributed by atoms with Crippen molar-refractivity contribution < 1.29 is 0 Å². The highest BCUT2D eigenvalue weighted by molar-refractivity contribution is 9.10. The lowest BCUT2D eigenvalue weighted by Gasteiger charge is -2.16. The minimum atomic E-state index is 0.176. The minimum Gasteiger partial charge on any atom is -0.309 e. The molecule has 1 N–H and O–H groups in total. The fraction of sp³-hybridized carbons (Fsp3) is 0.133. The van der Waals surface area contributed by atoms with Crippen molar-refractivity contribution >= 4 is 38.2 Å². The average Bonchev–Trinajstić information content (AvgIpc) is 2.86. The molecular weight excluding hydrogens is 320 g/mol. The summed E-state index contributed by atoms with van der Waals surface area (Å²) in [5.41, 5.74) is 2.28. The van der Waals surface area contributed by atoms with Crippen LogP contribution in [0.2, 0.25) is 0 Å². The number of hydrogen-bond acceptors (Lipinski definition) is 3. The quantitative estimate of drug-likeness (QED) is 0.770. The van der Waals surface area contributed by atoms with Gasteiger partial charge in [-0.3, -0.25) is 4.98 Å². The molecule has 0 spiro atoms. The molecule has 0 fully saturated rings. The van der Waals surface area contributed by atoms with Crippen molar-refractivity contribution in [3.05, 3.63) is 62.9 Å². The second kappa shape index (κ2) is 5.41. The highest BCUT2D eigenvalue weighted by atomic mass is 79.9. The first-order valence-electron chi connectivity index (χ1n) is 6.04. The number of halogens is 1. The van der Waals surface area contributed by atoms with Crippen molar-refractivity contribution in [2.75, 3.05) is 7.05 Å². The van der Waals surface area contributed by atoms with Gasteiger partial charge in [-0.1, -0.05) is 24.3 Å². The molecule has 0 bridgehead atoms. The molecule has 4 heteroatoms. The van der Waals surface area contributed by atoms with Gasteiger partial charge in [-0.2, -0.15) is 0 Å². The van der Waals surface area contributed by atoms with Crippen molar-refractivity contribution in [1.29, 1.82) is 0 Å². The van der Waals surface area contributed by atoms with Gasteiger partial charge in [-0.15, -0.1) is 11.3 Å². The SMILES string of the molecule is CNC(c1cc(Br)cs1)c1cccc2cccnc12. The van der Waals surface area contributed by atoms with Crippen molar-refractivity contribution in [2.24, 2.45) is 0 Å². The molecule has 19 heavy (non-hydrogen) atoms. The van der Waals surface area contributed by atoms with Crippen LogP contribution in [0, 0.1) is 0 Å². The molecule has 0 aliphatic carbocycles. The summed E-state index contributed by atoms with van der Waals surface area (Å²) < 4.78 is 1.13. The normalized spacial score (nSPS) is 12.7. The van der Waals surface area contributed by atoms with Gasteiger partial charge in [0, 0.05) is 31.9 Å². The van der Waals surface area contributed by atoms with Gasteiger partial charge < -0.3 is 5.32 Å². The van der Waals surface area contributed by atoms with Crippen LogP contribution in [0.25, 0.3) is 10.9 Å². The molecule has 96 valence electrons. The van der Waals surface area contributed by atoms with Gasteiger partial charge in [0.2, 0.25) is 0 Å². The van der Waals surface area contributed by atoms with E-state index >= 15 is 0 Å². The average molecular weight is 333 g/mol. The third-order valence-corrected chi connectivity index (χ3v) is 4.89. The fourth-order valence-corrected chi connectivity index (χ4v) is 3.86. The third kappa shape index (κ3) is 2.43. The standard InChI is InChI=1S/C15H13BrN2S/c1-17-15(13-8-11(16)9-19-13)12-6-2-4-10-5-3-7-18-14(10)12/h2-9,15,17H,1H3. The number of nitrogens with zero attached hydrogens (tertiary/aromatic N) is 1. The number of hydrogen-bond donors (Lipinski definition) is 1. The Bertz CT molecular complexity index is 703. The molecule has 3 aromatic rings. The molecule has 0 amide bonds. The van der Waals surface area contributed by atoms with E-state index in [2.05, 4.69) is 61.9 Å². The fourth-order valence-electron chi connectivity index (χ4n) is 2.29. The van der Waals surface area contributed by atoms with Crippen LogP contribution in [-0.2, 0) is 0 Å². The van der Waals surface area contributed by atoms with Crippen molar-refractivity contribution in [3.63, 3.8) is 0 Å². The predicted octanol–water partition coefficient (Wildman–Crippen LogP) is 4.37. The maximum Gasteiger partial charge on any atom is 0.0753 e. The smallest absolute Gasteiger partial charge is 0.0753 e. The number of fused-ring (bicyclic) bond motifs is 1. The van der Waals surface area contributed by atoms with Crippen molar-refractivity contribution in [2.45, 2.75) is 6.04 Å². The molecule has 2 nitrogen and oxygen atoms in total. The van der Waals surface area contributed by atoms with Crippen molar-refractivity contribution in [3.8, 4) is 0 Å². The van der Waals surface area contributed by atoms with Gasteiger partial charge in [-0.05, 0) is 35.1 Å². The molecule has 1 unspecified atom stereocenters. The molecular formula is C15H13BrN2S. The number of pyridine rings is 1. The number of thiophene rings is 1. The van der Waals surface area contributed by atoms with Crippen LogP contribution in [0.3, 0.4) is 0 Å². The monoisotopic (exact) mass is 332 g/mol. The molecule has 1 atom stereocenters. The summed E-state index contributed by atoms with van der Waals surface area (Å²) in [5, 5.41) is 6.68. The zero-order valence-electron chi connectivity index (χ0n) is 10.4. The Balaban J connectivity index is 2.16. The van der Waals surface area contributed by atoms with Crippen molar-refractivity contribution in [1.82, 2.24) is 10.3 Å². The molecule has 1 aromatic carbocycles. The van der Waals surface area contributed by atoms with Crippen LogP contribution < -0.4 is 5.32 Å². The molecule has 0 aliphatic rings. The largest absolute Gasteiger partial charge is 0.309 e. The Kier molecular flexibility index (Phi) is 3.64. The van der Waals surface area contributed by atoms with Crippen LogP contribution in [0.15, 0.2) is 52.4 Å². The van der Waals surface area contributed by atoms with Gasteiger partial charge >= 0.3 is 0 Å². The molecule has 2 aromatic heterocycles. The van der Waals surface area contributed by atoms with E-state index in [-0.39, 0.29) is 6.04 Å². The second-order valence-electron chi connectivity index (χ2n) is 4.31. The first-order chi connectivity index (χ1) is 9.29. The van der Waals surface area contributed by atoms with Gasteiger partial charge in [0.25, 0.3) is 0 Å². The third-order valence-electron chi connectivity index (χ3n) is 3.14. The Morgan fingerprint density at radius 1 is 1.26 bits per heavy atom. The van der Waals surface area contributed by atoms with E-state index < -0.39 is 0 Å². The first-order valence-corrected chi connectivity index (χ1v) is 7.71. The Morgan fingerprint density at radius 3 is 2.84 bits per heavy atom. The molecule has 0 radical (unpaired) electrons. The second-order valence-corrected chi connectivity index (χ2v) is 6.17. The zero-order chi connectivity index (χ0) is 13.2. The lowest BCUT2D eigenvalue weighted by atomic mass is 10.0. The summed E-state index contributed by atoms with van der Waals surface area (Å²) in [5.74, 6) is 0. The van der Waals surface area contributed by atoms with Crippen LogP contribution >= 0.6 is 27.3 Å². The lowest BCUT2D eigenvalue weighted by molar-refractivity contribution is 0.707. The van der Waals surface area contributed by atoms with E-state index in [9.17, 15) is 0 Å². The summed E-state index contributed by atoms with van der Waals surface area (Å²) in [4.78, 5) is 5.82. The van der Waals surface area contributed by atoms with Crippen LogP contribution in [0.5, 0.6) is 0 Å². The summed E-state index contributed by atoms with van der Waals surface area (Å²) in [6, 6.07) is 12.7. The summed E-state index contributed by atoms with van der Waals surface area (Å²) >= 11 is 5.27. The number of benzene rings is 1. The molecule has 0 saturated carbocycles. The highest BCUT2D eigenvalue weighted by Crippen LogP contribution is 2.32. The zero-order valence-corrected chi connectivity index (χ0v) is 12.8. The Labute approximate surface area is 124 Å². The van der Waals surface area contributed by atoms with E-state index in [4.69, 9.17) is 0 Å². The van der Waals surface area contributed by atoms with E-state index in [1.54, 1.807) is 11.3 Å². The highest BCUT2D eigenvalue weighted by Gasteiger charge is 2.17. The number of nitrogens with one attached hydrogen (secondary N) is 1. The van der Waals surface area contributed by atoms with Gasteiger partial charge in [0.05, 0.1) is 11.6 Å². The van der Waals surface area contributed by atoms with Gasteiger partial charge in [0.15, 0.2) is 0 Å². The first kappa shape index (κ1) is 12.8. The topological polar surface area (TPSA) is 24.9 Å². The van der Waals surface area contributed by atoms with E-state index in [1.807, 2.05) is 19.3 Å². The van der Waals surface area contributed by atoms with Crippen LogP contribution in [0.4, 0.5) is 0 Å². The summed E-state index contributed by atoms with van der Waals surface area (Å²) in [7, 11) is 1.99. The van der Waals surface area contributed by atoms with E-state index in [0.717, 1.165) is 9.99 Å². The maximum atomic E-state index is 4.54. The van der Waals surface area contributed by atoms with Gasteiger partial charge in [0.1, 0.15) is 0 Å². The number of para-hydroxylation sites is 1. The van der Waals surface area contributed by atoms with Crippen LogP contribution in [0.1, 0.15) is 16.5 Å². The molecule has 0 aliphatic heterocycles. The number of rotatable bonds is 3. The maximum absolute atomic E-state index is 4.54. The summed E-state index contributed by atoms with van der Waals surface area (Å²) in [6.07, 6.45) is 1.85. The minimum absolute atomic E-state index is 0.176. The predicted molar refractivity (Wildman–Crippen MR) is 84.7 cm³/mol. The Morgan fingerprint density at radius 2 is 2.11 bits per heavy atom. The van der Waals surface area contributed by atoms with E-state index in [0.29, 0.717) is 0 Å². The number of aromatic nitrogens is 1. The van der Waals surface area contributed by atoms with E-state index in [1.165, 1.54) is 15.8 Å². The lowest BCUT2D eigenvalue weighted by Crippen LogP contribution is -2.17. The molecule has 2 heterocycles. The summed E-state index contributed by atoms with van der Waals surface area (Å²) in [6.45, 7) is 0.